The predicted octanol–water partition coefficient (Wildman–Crippen LogP) is 2.57. The van der Waals surface area contributed by atoms with Gasteiger partial charge in [0, 0.05) is 13.1 Å². The number of furan rings is 1. The van der Waals surface area contributed by atoms with Gasteiger partial charge < -0.3 is 9.32 Å². The largest absolute Gasteiger partial charge is 0.451 e. The van der Waals surface area contributed by atoms with Crippen LogP contribution >= 0.6 is 0 Å². The molecule has 1 aromatic heterocycles. The third-order valence-electron chi connectivity index (χ3n) is 3.90. The second kappa shape index (κ2) is 6.54. The Hall–Kier alpha value is -1.79. The molecule has 0 N–H and O–H groups in total. The highest BCUT2D eigenvalue weighted by Crippen LogP contribution is 2.23. The van der Waals surface area contributed by atoms with Crippen molar-refractivity contribution in [2.24, 2.45) is 0 Å². The molecule has 118 valence electrons. The minimum absolute atomic E-state index is 0.0159. The molecule has 22 heavy (non-hydrogen) atoms. The Kier molecular flexibility index (Phi) is 4.49. The topological polar surface area (TPSA) is 53.8 Å². The fourth-order valence-electron chi connectivity index (χ4n) is 2.74. The molecule has 2 heterocycles. The highest BCUT2D eigenvalue weighted by Gasteiger charge is 2.28. The van der Waals surface area contributed by atoms with E-state index in [2.05, 4.69) is 4.90 Å². The van der Waals surface area contributed by atoms with E-state index in [-0.39, 0.29) is 5.09 Å². The number of hydrogen-bond donors (Lipinski definition) is 0. The molecule has 1 aliphatic rings. The van der Waals surface area contributed by atoms with Crippen molar-refractivity contribution in [3.05, 3.63) is 48.7 Å². The molecule has 0 atom stereocenters. The standard InChI is InChI=1S/C16H20N2O3S/c19-22(20,16-9-6-14-21-16)18(15-7-2-1-3-8-15)13-12-17-10-4-5-11-17/h1-3,6-9,14H,4-5,10-13H2. The van der Waals surface area contributed by atoms with Crippen LogP contribution in [0.4, 0.5) is 5.69 Å². The first kappa shape index (κ1) is 15.1. The molecule has 0 spiro atoms. The number of likely N-dealkylation sites (tertiary alicyclic amines) is 1. The third kappa shape index (κ3) is 3.18. The maximum atomic E-state index is 12.8. The molecule has 1 saturated heterocycles. The van der Waals surface area contributed by atoms with Gasteiger partial charge in [-0.1, -0.05) is 18.2 Å². The lowest BCUT2D eigenvalue weighted by atomic mass is 10.3. The van der Waals surface area contributed by atoms with Crippen LogP contribution in [-0.2, 0) is 10.0 Å². The van der Waals surface area contributed by atoms with Crippen LogP contribution in [0, 0.1) is 0 Å². The number of benzene rings is 1. The van der Waals surface area contributed by atoms with E-state index in [0.717, 1.165) is 19.6 Å². The van der Waals surface area contributed by atoms with Crippen molar-refractivity contribution in [2.75, 3.05) is 30.5 Å². The Balaban J connectivity index is 1.86. The Morgan fingerprint density at radius 2 is 1.77 bits per heavy atom. The summed E-state index contributed by atoms with van der Waals surface area (Å²) in [5.74, 6) is 0. The molecule has 5 nitrogen and oxygen atoms in total. The zero-order valence-corrected chi connectivity index (χ0v) is 13.2. The second-order valence-electron chi connectivity index (χ2n) is 5.39. The average Bonchev–Trinajstić information content (AvgIpc) is 3.22. The summed E-state index contributed by atoms with van der Waals surface area (Å²) in [6.07, 6.45) is 3.77. The van der Waals surface area contributed by atoms with E-state index in [1.54, 1.807) is 6.07 Å². The number of rotatable bonds is 6. The van der Waals surface area contributed by atoms with Crippen molar-refractivity contribution < 1.29 is 12.8 Å². The molecule has 1 aromatic carbocycles. The molecule has 1 fully saturated rings. The number of nitrogens with zero attached hydrogens (tertiary/aromatic N) is 2. The molecular formula is C16H20N2O3S. The molecule has 0 amide bonds. The van der Waals surface area contributed by atoms with E-state index >= 15 is 0 Å². The fourth-order valence-corrected chi connectivity index (χ4v) is 4.11. The lowest BCUT2D eigenvalue weighted by Gasteiger charge is -2.25. The van der Waals surface area contributed by atoms with E-state index < -0.39 is 10.0 Å². The van der Waals surface area contributed by atoms with Gasteiger partial charge in [-0.3, -0.25) is 4.31 Å². The lowest BCUT2D eigenvalue weighted by Crippen LogP contribution is -2.37. The van der Waals surface area contributed by atoms with Gasteiger partial charge in [-0.25, -0.2) is 0 Å². The van der Waals surface area contributed by atoms with E-state index in [0.29, 0.717) is 12.2 Å². The van der Waals surface area contributed by atoms with Gasteiger partial charge >= 0.3 is 0 Å². The number of sulfonamides is 1. The number of para-hydroxylation sites is 1. The van der Waals surface area contributed by atoms with E-state index in [1.165, 1.54) is 29.5 Å². The molecule has 6 heteroatoms. The van der Waals surface area contributed by atoms with Crippen LogP contribution < -0.4 is 4.31 Å². The van der Waals surface area contributed by atoms with Crippen LogP contribution in [0.2, 0.25) is 0 Å². The highest BCUT2D eigenvalue weighted by atomic mass is 32.2. The van der Waals surface area contributed by atoms with Crippen molar-refractivity contribution in [1.29, 1.82) is 0 Å². The minimum Gasteiger partial charge on any atom is -0.451 e. The monoisotopic (exact) mass is 320 g/mol. The molecule has 0 aliphatic carbocycles. The van der Waals surface area contributed by atoms with E-state index in [9.17, 15) is 8.42 Å². The van der Waals surface area contributed by atoms with Crippen LogP contribution in [0.1, 0.15) is 12.8 Å². The Morgan fingerprint density at radius 1 is 1.05 bits per heavy atom. The van der Waals surface area contributed by atoms with Crippen LogP contribution in [0.3, 0.4) is 0 Å². The summed E-state index contributed by atoms with van der Waals surface area (Å²) in [6.45, 7) is 3.24. The molecule has 3 rings (SSSR count). The predicted molar refractivity (Wildman–Crippen MR) is 85.4 cm³/mol. The first-order valence-electron chi connectivity index (χ1n) is 7.51. The Morgan fingerprint density at radius 3 is 2.41 bits per heavy atom. The Bertz CT molecular complexity index is 677. The van der Waals surface area contributed by atoms with Gasteiger partial charge in [-0.15, -0.1) is 0 Å². The first-order valence-corrected chi connectivity index (χ1v) is 8.95. The summed E-state index contributed by atoms with van der Waals surface area (Å²) in [5, 5.41) is -0.0159. The smallest absolute Gasteiger partial charge is 0.297 e. The summed E-state index contributed by atoms with van der Waals surface area (Å²) in [6, 6.07) is 12.3. The van der Waals surface area contributed by atoms with Crippen LogP contribution in [0.25, 0.3) is 0 Å². The van der Waals surface area contributed by atoms with Gasteiger partial charge in [-0.2, -0.15) is 8.42 Å². The van der Waals surface area contributed by atoms with Crippen LogP contribution in [-0.4, -0.2) is 39.5 Å². The fraction of sp³-hybridized carbons (Fsp3) is 0.375. The third-order valence-corrected chi connectivity index (χ3v) is 5.62. The van der Waals surface area contributed by atoms with Crippen molar-refractivity contribution in [2.45, 2.75) is 17.9 Å². The Labute approximate surface area is 131 Å². The lowest BCUT2D eigenvalue weighted by molar-refractivity contribution is 0.348. The van der Waals surface area contributed by atoms with Gasteiger partial charge in [0.15, 0.2) is 0 Å². The number of anilines is 1. The van der Waals surface area contributed by atoms with E-state index in [1.807, 2.05) is 30.3 Å². The van der Waals surface area contributed by atoms with Crippen molar-refractivity contribution in [3.8, 4) is 0 Å². The molecule has 0 unspecified atom stereocenters. The summed E-state index contributed by atoms with van der Waals surface area (Å²) in [4.78, 5) is 2.30. The van der Waals surface area contributed by atoms with Gasteiger partial charge in [0.1, 0.15) is 0 Å². The SMILES string of the molecule is O=S(=O)(c1ccco1)N(CCN1CCCC1)c1ccccc1. The molecule has 0 radical (unpaired) electrons. The molecule has 2 aromatic rings. The zero-order valence-electron chi connectivity index (χ0n) is 12.4. The summed E-state index contributed by atoms with van der Waals surface area (Å²) in [5.41, 5.74) is 0.665. The quantitative estimate of drug-likeness (QED) is 0.821. The van der Waals surface area contributed by atoms with Crippen LogP contribution in [0.15, 0.2) is 58.2 Å². The second-order valence-corrected chi connectivity index (χ2v) is 7.19. The minimum atomic E-state index is -3.66. The van der Waals surface area contributed by atoms with Gasteiger partial charge in [0.2, 0.25) is 5.09 Å². The first-order chi connectivity index (χ1) is 10.7. The summed E-state index contributed by atoms with van der Waals surface area (Å²) >= 11 is 0. The maximum absolute atomic E-state index is 12.8. The van der Waals surface area contributed by atoms with Gasteiger partial charge in [0.05, 0.1) is 12.0 Å². The molecule has 0 bridgehead atoms. The number of hydrogen-bond acceptors (Lipinski definition) is 4. The highest BCUT2D eigenvalue weighted by molar-refractivity contribution is 7.92. The average molecular weight is 320 g/mol. The molecule has 1 aliphatic heterocycles. The van der Waals surface area contributed by atoms with Crippen LogP contribution in [0.5, 0.6) is 0 Å². The summed E-state index contributed by atoms with van der Waals surface area (Å²) < 4.78 is 32.2. The normalized spacial score (nSPS) is 16.0. The summed E-state index contributed by atoms with van der Waals surface area (Å²) in [7, 11) is -3.66. The van der Waals surface area contributed by atoms with Crippen molar-refractivity contribution >= 4 is 15.7 Å². The van der Waals surface area contributed by atoms with Crippen molar-refractivity contribution in [3.63, 3.8) is 0 Å². The zero-order chi connectivity index (χ0) is 15.4. The molecular weight excluding hydrogens is 300 g/mol. The van der Waals surface area contributed by atoms with E-state index in [4.69, 9.17) is 4.42 Å². The van der Waals surface area contributed by atoms with Gasteiger partial charge in [-0.05, 0) is 50.2 Å². The van der Waals surface area contributed by atoms with Crippen molar-refractivity contribution in [1.82, 2.24) is 4.90 Å². The molecule has 0 saturated carbocycles. The maximum Gasteiger partial charge on any atom is 0.297 e. The van der Waals surface area contributed by atoms with Gasteiger partial charge in [0.25, 0.3) is 10.0 Å².